The lowest BCUT2D eigenvalue weighted by atomic mass is 10.2. The van der Waals surface area contributed by atoms with Gasteiger partial charge in [0.15, 0.2) is 6.61 Å². The molecule has 10 heteroatoms. The maximum atomic E-state index is 12.1. The molecule has 0 aliphatic rings. The normalized spacial score (nSPS) is 11.1. The average Bonchev–Trinajstić information content (AvgIpc) is 2.66. The first-order chi connectivity index (χ1) is 13.3. The maximum Gasteiger partial charge on any atom is 0.573 e. The number of halogens is 3. The summed E-state index contributed by atoms with van der Waals surface area (Å²) in [5.41, 5.74) is 1.53. The van der Waals surface area contributed by atoms with Crippen molar-refractivity contribution in [3.63, 3.8) is 0 Å². The number of carbonyl (C=O) groups is 2. The number of aromatic nitrogens is 2. The van der Waals surface area contributed by atoms with Crippen molar-refractivity contribution in [2.24, 2.45) is 0 Å². The van der Waals surface area contributed by atoms with E-state index in [9.17, 15) is 22.8 Å². The molecule has 0 spiro atoms. The van der Waals surface area contributed by atoms with Crippen molar-refractivity contribution in [1.29, 1.82) is 0 Å². The highest BCUT2D eigenvalue weighted by atomic mass is 19.4. The molecule has 1 heterocycles. The summed E-state index contributed by atoms with van der Waals surface area (Å²) in [5.74, 6) is -1.80. The van der Waals surface area contributed by atoms with Gasteiger partial charge in [0.25, 0.3) is 5.91 Å². The summed E-state index contributed by atoms with van der Waals surface area (Å²) in [7, 11) is 0. The molecule has 0 bridgehead atoms. The van der Waals surface area contributed by atoms with E-state index in [1.807, 2.05) is 0 Å². The quantitative estimate of drug-likeness (QED) is 0.671. The van der Waals surface area contributed by atoms with E-state index in [0.29, 0.717) is 11.0 Å². The molecule has 0 aliphatic carbocycles. The zero-order valence-corrected chi connectivity index (χ0v) is 14.1. The minimum absolute atomic E-state index is 0.203. The average molecular weight is 391 g/mol. The second kappa shape index (κ2) is 7.91. The van der Waals surface area contributed by atoms with E-state index in [2.05, 4.69) is 20.0 Å². The van der Waals surface area contributed by atoms with Crippen molar-refractivity contribution in [1.82, 2.24) is 9.97 Å². The Bertz CT molecular complexity index is 1010. The van der Waals surface area contributed by atoms with Crippen LogP contribution in [0.4, 0.5) is 18.9 Å². The molecule has 0 radical (unpaired) electrons. The fraction of sp³-hybridized carbons (Fsp3) is 0.111. The first-order valence-electron chi connectivity index (χ1n) is 7.84. The minimum Gasteiger partial charge on any atom is -0.452 e. The van der Waals surface area contributed by atoms with Crippen molar-refractivity contribution in [2.75, 3.05) is 11.9 Å². The van der Waals surface area contributed by atoms with Gasteiger partial charge >= 0.3 is 12.3 Å². The molecule has 0 saturated heterocycles. The number of carbonyl (C=O) groups excluding carboxylic acids is 2. The molecule has 0 fully saturated rings. The molecular weight excluding hydrogens is 379 g/mol. The summed E-state index contributed by atoms with van der Waals surface area (Å²) in [6.45, 7) is -0.571. The predicted molar refractivity (Wildman–Crippen MR) is 91.6 cm³/mol. The van der Waals surface area contributed by atoms with Crippen LogP contribution < -0.4 is 10.1 Å². The number of nitrogens with zero attached hydrogens (tertiary/aromatic N) is 2. The Morgan fingerprint density at radius 1 is 0.964 bits per heavy atom. The standard InChI is InChI=1S/C18H12F3N3O4/c19-18(20,21)28-13-4-2-12(3-5-13)24-16(25)10-27-17(26)11-1-6-14-15(9-11)23-8-7-22-14/h1-9H,10H2,(H,24,25). The second-order valence-corrected chi connectivity index (χ2v) is 5.46. The minimum atomic E-state index is -4.80. The van der Waals surface area contributed by atoms with E-state index in [4.69, 9.17) is 4.74 Å². The van der Waals surface area contributed by atoms with Crippen LogP contribution in [0.15, 0.2) is 54.9 Å². The summed E-state index contributed by atoms with van der Waals surface area (Å²) in [6, 6.07) is 9.13. The number of fused-ring (bicyclic) bond motifs is 1. The number of rotatable bonds is 5. The number of nitrogens with one attached hydrogen (secondary N) is 1. The molecule has 2 aromatic carbocycles. The van der Waals surface area contributed by atoms with E-state index < -0.39 is 30.6 Å². The molecule has 1 amide bonds. The van der Waals surface area contributed by atoms with Crippen LogP contribution in [0.2, 0.25) is 0 Å². The Kier molecular flexibility index (Phi) is 5.39. The smallest absolute Gasteiger partial charge is 0.452 e. The van der Waals surface area contributed by atoms with Crippen molar-refractivity contribution >= 4 is 28.6 Å². The summed E-state index contributed by atoms with van der Waals surface area (Å²) in [5, 5.41) is 2.39. The summed E-state index contributed by atoms with van der Waals surface area (Å²) in [4.78, 5) is 32.1. The number of anilines is 1. The van der Waals surface area contributed by atoms with Gasteiger partial charge in [0.1, 0.15) is 5.75 Å². The first kappa shape index (κ1) is 19.1. The Labute approximate surface area is 156 Å². The largest absolute Gasteiger partial charge is 0.573 e. The lowest BCUT2D eigenvalue weighted by Crippen LogP contribution is -2.21. The fourth-order valence-electron chi connectivity index (χ4n) is 2.24. The number of hydrogen-bond donors (Lipinski definition) is 1. The van der Waals surface area contributed by atoms with E-state index in [1.165, 1.54) is 36.7 Å². The Morgan fingerprint density at radius 2 is 1.64 bits per heavy atom. The van der Waals surface area contributed by atoms with Gasteiger partial charge in [-0.25, -0.2) is 4.79 Å². The van der Waals surface area contributed by atoms with E-state index in [0.717, 1.165) is 12.1 Å². The lowest BCUT2D eigenvalue weighted by Gasteiger charge is -2.10. The molecule has 1 N–H and O–H groups in total. The van der Waals surface area contributed by atoms with Gasteiger partial charge in [-0.15, -0.1) is 13.2 Å². The van der Waals surface area contributed by atoms with Gasteiger partial charge < -0.3 is 14.8 Å². The Balaban J connectivity index is 1.54. The van der Waals surface area contributed by atoms with Crippen molar-refractivity contribution in [3.05, 3.63) is 60.4 Å². The molecule has 7 nitrogen and oxygen atoms in total. The monoisotopic (exact) mass is 391 g/mol. The molecule has 144 valence electrons. The maximum absolute atomic E-state index is 12.1. The van der Waals surface area contributed by atoms with Crippen LogP contribution in [-0.2, 0) is 9.53 Å². The summed E-state index contributed by atoms with van der Waals surface area (Å²) < 4.78 is 45.0. The van der Waals surface area contributed by atoms with Gasteiger partial charge in [-0.2, -0.15) is 0 Å². The van der Waals surface area contributed by atoms with Crippen LogP contribution >= 0.6 is 0 Å². The number of alkyl halides is 3. The molecule has 0 aliphatic heterocycles. The van der Waals surface area contributed by atoms with Gasteiger partial charge in [-0.1, -0.05) is 0 Å². The topological polar surface area (TPSA) is 90.4 Å². The third kappa shape index (κ3) is 5.16. The third-order valence-corrected chi connectivity index (χ3v) is 3.41. The zero-order valence-electron chi connectivity index (χ0n) is 14.1. The van der Waals surface area contributed by atoms with Crippen LogP contribution in [0, 0.1) is 0 Å². The SMILES string of the molecule is O=C(COC(=O)c1ccc2nccnc2c1)Nc1ccc(OC(F)(F)F)cc1. The van der Waals surface area contributed by atoms with E-state index in [1.54, 1.807) is 6.07 Å². The van der Waals surface area contributed by atoms with Gasteiger partial charge in [0.2, 0.25) is 0 Å². The molecule has 0 unspecified atom stereocenters. The van der Waals surface area contributed by atoms with Crippen LogP contribution in [0.1, 0.15) is 10.4 Å². The lowest BCUT2D eigenvalue weighted by molar-refractivity contribution is -0.274. The van der Waals surface area contributed by atoms with Crippen LogP contribution in [0.3, 0.4) is 0 Å². The number of amides is 1. The first-order valence-corrected chi connectivity index (χ1v) is 7.84. The van der Waals surface area contributed by atoms with Crippen molar-refractivity contribution in [3.8, 4) is 5.75 Å². The molecule has 0 atom stereocenters. The van der Waals surface area contributed by atoms with E-state index >= 15 is 0 Å². The number of hydrogen-bond acceptors (Lipinski definition) is 6. The predicted octanol–water partition coefficient (Wildman–Crippen LogP) is 3.32. The summed E-state index contributed by atoms with van der Waals surface area (Å²) >= 11 is 0. The third-order valence-electron chi connectivity index (χ3n) is 3.41. The Hall–Kier alpha value is -3.69. The van der Waals surface area contributed by atoms with Crippen molar-refractivity contribution in [2.45, 2.75) is 6.36 Å². The number of esters is 1. The van der Waals surface area contributed by atoms with Gasteiger partial charge in [0.05, 0.1) is 16.6 Å². The van der Waals surface area contributed by atoms with Gasteiger partial charge in [-0.3, -0.25) is 14.8 Å². The van der Waals surface area contributed by atoms with Crippen LogP contribution in [0.25, 0.3) is 11.0 Å². The molecule has 28 heavy (non-hydrogen) atoms. The Morgan fingerprint density at radius 3 is 2.32 bits per heavy atom. The van der Waals surface area contributed by atoms with Gasteiger partial charge in [-0.05, 0) is 42.5 Å². The van der Waals surface area contributed by atoms with Crippen LogP contribution in [-0.4, -0.2) is 34.8 Å². The molecular formula is C18H12F3N3O4. The number of benzene rings is 2. The molecule has 3 rings (SSSR count). The highest BCUT2D eigenvalue weighted by Gasteiger charge is 2.30. The highest BCUT2D eigenvalue weighted by molar-refractivity contribution is 5.97. The fourth-order valence-corrected chi connectivity index (χ4v) is 2.24. The van der Waals surface area contributed by atoms with Gasteiger partial charge in [0, 0.05) is 18.1 Å². The van der Waals surface area contributed by atoms with E-state index in [-0.39, 0.29) is 11.3 Å². The van der Waals surface area contributed by atoms with Crippen molar-refractivity contribution < 1.29 is 32.2 Å². The number of ether oxygens (including phenoxy) is 2. The zero-order chi connectivity index (χ0) is 20.1. The summed E-state index contributed by atoms with van der Waals surface area (Å²) in [6.07, 6.45) is -1.80. The highest BCUT2D eigenvalue weighted by Crippen LogP contribution is 2.23. The molecule has 3 aromatic rings. The van der Waals surface area contributed by atoms with Crippen LogP contribution in [0.5, 0.6) is 5.75 Å². The molecule has 1 aromatic heterocycles. The molecule has 0 saturated carbocycles. The second-order valence-electron chi connectivity index (χ2n) is 5.46.